The Bertz CT molecular complexity index is 2270. The van der Waals surface area contributed by atoms with Gasteiger partial charge in [-0.2, -0.15) is 0 Å². The number of fused-ring (bicyclic) bond motifs is 1. The molecule has 1 aromatic carbocycles. The van der Waals surface area contributed by atoms with Crippen LogP contribution in [0, 0.1) is 11.8 Å². The van der Waals surface area contributed by atoms with Crippen LogP contribution in [0.2, 0.25) is 0 Å². The number of nitrogens with zero attached hydrogens (tertiary/aromatic N) is 6. The highest BCUT2D eigenvalue weighted by Gasteiger charge is 2.39. The van der Waals surface area contributed by atoms with Crippen LogP contribution in [-0.4, -0.2) is 103 Å². The Kier molecular flexibility index (Phi) is 11.7. The van der Waals surface area contributed by atoms with Gasteiger partial charge in [0, 0.05) is 30.4 Å². The van der Waals surface area contributed by atoms with Crippen molar-refractivity contribution >= 4 is 35.0 Å². The standard InChI is InChI=1S/C42H50N10O6/c1-23(2)35(49-41(55)57-5)39(53)51-17-7-9-33(51)37-45-21-31(47-37)26-13-11-25(12-14-26)28-16-15-27(20-43-28)29-19-30-32(22-44-29)48-38(46-30)34-10-8-18-52(34)40(54)36(24(3)4)50-42(56)58-6/h11-16,19-24,33-36H,7-10,17-18H2,1-6H3,(H,45,47)(H,46,48)(H,49,55)(H,50,56). The SMILES string of the molecule is COC(=O)NC(C(=O)N1CCCC1c1ncc(-c2ccc(-c3ccc(-c4cc5nc(C6CCCN6C(=O)C(NC(=O)OC)C(C)C)[nH]c5cn4)cn3)cc2)[nH]1)C(C)C. The summed E-state index contributed by atoms with van der Waals surface area (Å²) in [4.78, 5) is 80.4. The number of amides is 4. The van der Waals surface area contributed by atoms with Gasteiger partial charge in [0.25, 0.3) is 0 Å². The van der Waals surface area contributed by atoms with Crippen LogP contribution in [-0.2, 0) is 19.1 Å². The topological polar surface area (TPSA) is 200 Å². The average molecular weight is 791 g/mol. The molecule has 2 aliphatic heterocycles. The van der Waals surface area contributed by atoms with Crippen molar-refractivity contribution < 1.29 is 28.7 Å². The number of aromatic amines is 2. The van der Waals surface area contributed by atoms with E-state index in [1.165, 1.54) is 14.2 Å². The first-order valence-corrected chi connectivity index (χ1v) is 19.7. The van der Waals surface area contributed by atoms with E-state index in [1.807, 2.05) is 70.2 Å². The summed E-state index contributed by atoms with van der Waals surface area (Å²) in [5, 5.41) is 5.38. The summed E-state index contributed by atoms with van der Waals surface area (Å²) < 4.78 is 9.51. The van der Waals surface area contributed by atoms with E-state index in [-0.39, 0.29) is 35.7 Å². The number of imidazole rings is 2. The number of rotatable bonds is 11. The molecule has 0 saturated carbocycles. The van der Waals surface area contributed by atoms with Gasteiger partial charge in [-0.25, -0.2) is 19.6 Å². The number of alkyl carbamates (subject to hydrolysis) is 2. The second-order valence-electron chi connectivity index (χ2n) is 15.5. The van der Waals surface area contributed by atoms with E-state index in [1.54, 1.807) is 28.4 Å². The van der Waals surface area contributed by atoms with Crippen molar-refractivity contribution in [2.75, 3.05) is 27.3 Å². The maximum Gasteiger partial charge on any atom is 0.407 e. The summed E-state index contributed by atoms with van der Waals surface area (Å²) in [6.07, 6.45) is 7.25. The van der Waals surface area contributed by atoms with Gasteiger partial charge in [-0.3, -0.25) is 19.6 Å². The summed E-state index contributed by atoms with van der Waals surface area (Å²) >= 11 is 0. The summed E-state index contributed by atoms with van der Waals surface area (Å²) in [7, 11) is 2.57. The van der Waals surface area contributed by atoms with E-state index >= 15 is 0 Å². The van der Waals surface area contributed by atoms with Gasteiger partial charge in [-0.1, -0.05) is 52.0 Å². The number of ether oxygens (including phenoxy) is 2. The summed E-state index contributed by atoms with van der Waals surface area (Å²) in [5.41, 5.74) is 6.58. The molecule has 7 rings (SSSR count). The van der Waals surface area contributed by atoms with Crippen LogP contribution in [0.4, 0.5) is 9.59 Å². The van der Waals surface area contributed by atoms with E-state index in [4.69, 9.17) is 19.4 Å². The lowest BCUT2D eigenvalue weighted by molar-refractivity contribution is -0.136. The Morgan fingerprint density at radius 3 is 1.78 bits per heavy atom. The molecule has 2 aliphatic rings. The van der Waals surface area contributed by atoms with E-state index in [9.17, 15) is 19.2 Å². The maximum atomic E-state index is 13.6. The number of nitrogens with one attached hydrogen (secondary N) is 4. The molecule has 0 aliphatic carbocycles. The van der Waals surface area contributed by atoms with Crippen molar-refractivity contribution in [2.24, 2.45) is 11.8 Å². The molecule has 4 unspecified atom stereocenters. The molecule has 4 atom stereocenters. The second kappa shape index (κ2) is 17.0. The number of carbonyl (C=O) groups is 4. The number of aromatic nitrogens is 6. The quantitative estimate of drug-likeness (QED) is 0.120. The first kappa shape index (κ1) is 39.9. The second-order valence-corrected chi connectivity index (χ2v) is 15.5. The Morgan fingerprint density at radius 1 is 0.672 bits per heavy atom. The molecular weight excluding hydrogens is 741 g/mol. The van der Waals surface area contributed by atoms with Crippen LogP contribution < -0.4 is 10.6 Å². The van der Waals surface area contributed by atoms with Gasteiger partial charge in [-0.05, 0) is 61.3 Å². The van der Waals surface area contributed by atoms with Crippen molar-refractivity contribution in [3.63, 3.8) is 0 Å². The van der Waals surface area contributed by atoms with Crippen molar-refractivity contribution in [3.05, 3.63) is 72.7 Å². The van der Waals surface area contributed by atoms with Crippen LogP contribution in [0.25, 0.3) is 44.8 Å². The molecule has 5 aromatic rings. The molecule has 6 heterocycles. The summed E-state index contributed by atoms with van der Waals surface area (Å²) in [6, 6.07) is 12.0. The Balaban J connectivity index is 1.02. The highest BCUT2D eigenvalue weighted by atomic mass is 16.5. The summed E-state index contributed by atoms with van der Waals surface area (Å²) in [5.74, 6) is 0.851. The van der Waals surface area contributed by atoms with Crippen molar-refractivity contribution in [2.45, 2.75) is 77.5 Å². The lowest BCUT2D eigenvalue weighted by Crippen LogP contribution is -2.51. The molecule has 2 fully saturated rings. The van der Waals surface area contributed by atoms with E-state index < -0.39 is 24.3 Å². The van der Waals surface area contributed by atoms with Crippen molar-refractivity contribution in [1.29, 1.82) is 0 Å². The molecule has 0 spiro atoms. The van der Waals surface area contributed by atoms with E-state index in [0.29, 0.717) is 24.7 Å². The minimum atomic E-state index is -0.708. The molecule has 0 bridgehead atoms. The molecule has 4 aromatic heterocycles. The minimum Gasteiger partial charge on any atom is -0.453 e. The number of hydrogen-bond donors (Lipinski definition) is 4. The van der Waals surface area contributed by atoms with Gasteiger partial charge in [0.15, 0.2) is 0 Å². The molecule has 16 nitrogen and oxygen atoms in total. The zero-order chi connectivity index (χ0) is 41.1. The molecule has 0 radical (unpaired) electrons. The number of carbonyl (C=O) groups excluding carboxylic acids is 4. The van der Waals surface area contributed by atoms with E-state index in [0.717, 1.165) is 70.5 Å². The monoisotopic (exact) mass is 790 g/mol. The Labute approximate surface area is 336 Å². The highest BCUT2D eigenvalue weighted by Crippen LogP contribution is 2.35. The third-order valence-electron chi connectivity index (χ3n) is 11.0. The number of methoxy groups -OCH3 is 2. The van der Waals surface area contributed by atoms with Gasteiger partial charge in [0.1, 0.15) is 23.7 Å². The zero-order valence-electron chi connectivity index (χ0n) is 33.6. The highest BCUT2D eigenvalue weighted by molar-refractivity contribution is 5.87. The molecule has 4 N–H and O–H groups in total. The Hall–Kier alpha value is -6.32. The third-order valence-corrected chi connectivity index (χ3v) is 11.0. The predicted octanol–water partition coefficient (Wildman–Crippen LogP) is 6.17. The fourth-order valence-electron chi connectivity index (χ4n) is 7.82. The minimum absolute atomic E-state index is 0.112. The van der Waals surface area contributed by atoms with Crippen molar-refractivity contribution in [1.82, 2.24) is 50.3 Å². The van der Waals surface area contributed by atoms with Crippen LogP contribution in [0.15, 0.2) is 61.1 Å². The van der Waals surface area contributed by atoms with E-state index in [2.05, 4.69) is 30.6 Å². The first-order valence-electron chi connectivity index (χ1n) is 19.7. The number of likely N-dealkylation sites (tertiary alicyclic amines) is 2. The lowest BCUT2D eigenvalue weighted by Gasteiger charge is -2.30. The first-order chi connectivity index (χ1) is 27.9. The smallest absolute Gasteiger partial charge is 0.407 e. The Morgan fingerprint density at radius 2 is 1.22 bits per heavy atom. The summed E-state index contributed by atoms with van der Waals surface area (Å²) in [6.45, 7) is 8.73. The normalized spacial score (nSPS) is 17.8. The molecule has 16 heteroatoms. The fraction of sp³-hybridized carbons (Fsp3) is 0.429. The molecule has 2 saturated heterocycles. The van der Waals surface area contributed by atoms with Gasteiger partial charge >= 0.3 is 12.2 Å². The van der Waals surface area contributed by atoms with Gasteiger partial charge in [0.2, 0.25) is 11.8 Å². The predicted molar refractivity (Wildman–Crippen MR) is 216 cm³/mol. The lowest BCUT2D eigenvalue weighted by atomic mass is 10.0. The van der Waals surface area contributed by atoms with Crippen LogP contribution in [0.5, 0.6) is 0 Å². The van der Waals surface area contributed by atoms with Crippen LogP contribution in [0.3, 0.4) is 0 Å². The molecule has 304 valence electrons. The number of hydrogen-bond acceptors (Lipinski definition) is 10. The third kappa shape index (κ3) is 8.22. The molecule has 4 amide bonds. The molecule has 58 heavy (non-hydrogen) atoms. The maximum absolute atomic E-state index is 13.6. The largest absolute Gasteiger partial charge is 0.453 e. The molecular formula is C42H50N10O6. The number of benzene rings is 1. The van der Waals surface area contributed by atoms with Crippen molar-refractivity contribution in [3.8, 4) is 33.8 Å². The van der Waals surface area contributed by atoms with Gasteiger partial charge in [-0.15, -0.1) is 0 Å². The van der Waals surface area contributed by atoms with Gasteiger partial charge in [0.05, 0.1) is 66.8 Å². The van der Waals surface area contributed by atoms with Crippen LogP contribution in [0.1, 0.15) is 77.1 Å². The average Bonchev–Trinajstić information content (AvgIpc) is 4.07. The van der Waals surface area contributed by atoms with Crippen LogP contribution >= 0.6 is 0 Å². The number of H-pyrrole nitrogens is 2. The number of pyridine rings is 2. The zero-order valence-corrected chi connectivity index (χ0v) is 33.6. The van der Waals surface area contributed by atoms with Gasteiger partial charge < -0.3 is 39.9 Å². The fourth-order valence-corrected chi connectivity index (χ4v) is 7.82.